The maximum absolute atomic E-state index is 13.8. The smallest absolute Gasteiger partial charge is 0.328 e. The Morgan fingerprint density at radius 3 is 2.52 bits per heavy atom. The second-order valence-electron chi connectivity index (χ2n) is 4.72. The van der Waals surface area contributed by atoms with Crippen molar-refractivity contribution in [2.45, 2.75) is 12.8 Å². The second-order valence-corrected chi connectivity index (χ2v) is 4.72. The fourth-order valence-corrected chi connectivity index (χ4v) is 2.14. The van der Waals surface area contributed by atoms with Crippen molar-refractivity contribution in [2.75, 3.05) is 0 Å². The molecule has 0 aliphatic heterocycles. The van der Waals surface area contributed by atoms with Crippen LogP contribution in [0.3, 0.4) is 0 Å². The summed E-state index contributed by atoms with van der Waals surface area (Å²) >= 11 is 0. The van der Waals surface area contributed by atoms with Crippen LogP contribution < -0.4 is 5.46 Å². The van der Waals surface area contributed by atoms with Crippen molar-refractivity contribution in [3.8, 4) is 0 Å². The van der Waals surface area contributed by atoms with Crippen LogP contribution in [0.5, 0.6) is 0 Å². The molecule has 2 aromatic rings. The predicted octanol–water partition coefficient (Wildman–Crippen LogP) is 2.72. The molecule has 0 aromatic heterocycles. The predicted molar refractivity (Wildman–Crippen MR) is 82.2 cm³/mol. The van der Waals surface area contributed by atoms with Crippen LogP contribution >= 0.6 is 0 Å². The van der Waals surface area contributed by atoms with E-state index in [2.05, 4.69) is 0 Å². The molecule has 0 atom stereocenters. The number of carboxylic acid groups (broad SMARTS) is 1. The highest BCUT2D eigenvalue weighted by molar-refractivity contribution is 6.32. The molecule has 104 valence electrons. The fourth-order valence-electron chi connectivity index (χ4n) is 2.14. The summed E-state index contributed by atoms with van der Waals surface area (Å²) in [4.78, 5) is 10.9. The van der Waals surface area contributed by atoms with E-state index in [1.165, 1.54) is 12.1 Å². The van der Waals surface area contributed by atoms with Crippen molar-refractivity contribution >= 4 is 24.9 Å². The summed E-state index contributed by atoms with van der Waals surface area (Å²) in [5, 5.41) is 8.97. The number of rotatable bonds is 5. The Balaban J connectivity index is 2.19. The van der Waals surface area contributed by atoms with Gasteiger partial charge in [0.1, 0.15) is 13.7 Å². The highest BCUT2D eigenvalue weighted by Crippen LogP contribution is 2.21. The molecular weight excluding hydrogens is 266 g/mol. The number of carboxylic acids is 1. The van der Waals surface area contributed by atoms with Crippen molar-refractivity contribution < 1.29 is 14.3 Å². The minimum absolute atomic E-state index is 0.363. The van der Waals surface area contributed by atoms with E-state index in [9.17, 15) is 9.18 Å². The molecule has 0 unspecified atom stereocenters. The van der Waals surface area contributed by atoms with Crippen molar-refractivity contribution in [3.63, 3.8) is 0 Å². The Kier molecular flexibility index (Phi) is 4.93. The van der Waals surface area contributed by atoms with Crippen LogP contribution in [-0.2, 0) is 11.2 Å². The van der Waals surface area contributed by atoms with E-state index < -0.39 is 5.97 Å². The standard InChI is InChI=1S/C17H14BFO2/c18-15-9-8-13(16(19)11-15)6-7-14(10-17(20)21)12-4-2-1-3-5-12/h1-5,8-11H,6-7H2,(H,20,21)/b14-10-. The Labute approximate surface area is 124 Å². The van der Waals surface area contributed by atoms with Gasteiger partial charge in [0.2, 0.25) is 0 Å². The molecule has 0 fully saturated rings. The molecule has 2 aromatic carbocycles. The molecule has 0 aliphatic rings. The SMILES string of the molecule is [B]c1ccc(CC/C(=C/C(=O)O)c2ccccc2)c(F)c1. The number of benzene rings is 2. The Morgan fingerprint density at radius 1 is 1.19 bits per heavy atom. The fraction of sp³-hybridized carbons (Fsp3) is 0.118. The maximum atomic E-state index is 13.8. The van der Waals surface area contributed by atoms with E-state index in [0.717, 1.165) is 5.56 Å². The number of aryl methyl sites for hydroxylation is 1. The maximum Gasteiger partial charge on any atom is 0.328 e. The van der Waals surface area contributed by atoms with Crippen LogP contribution in [0.1, 0.15) is 17.5 Å². The zero-order valence-electron chi connectivity index (χ0n) is 11.4. The summed E-state index contributed by atoms with van der Waals surface area (Å²) in [6, 6.07) is 13.8. The second kappa shape index (κ2) is 6.89. The van der Waals surface area contributed by atoms with E-state index in [4.69, 9.17) is 13.0 Å². The zero-order valence-corrected chi connectivity index (χ0v) is 11.4. The van der Waals surface area contributed by atoms with Crippen molar-refractivity contribution in [1.29, 1.82) is 0 Å². The Hall–Kier alpha value is -2.36. The molecule has 1 N–H and O–H groups in total. The minimum Gasteiger partial charge on any atom is -0.478 e. The molecule has 2 nitrogen and oxygen atoms in total. The van der Waals surface area contributed by atoms with Gasteiger partial charge >= 0.3 is 5.97 Å². The zero-order chi connectivity index (χ0) is 15.2. The average Bonchev–Trinajstić information content (AvgIpc) is 2.45. The molecule has 0 saturated carbocycles. The van der Waals surface area contributed by atoms with Crippen molar-refractivity contribution in [3.05, 3.63) is 71.6 Å². The highest BCUT2D eigenvalue weighted by atomic mass is 19.1. The number of carbonyl (C=O) groups is 1. The molecule has 0 spiro atoms. The first-order valence-corrected chi connectivity index (χ1v) is 6.59. The van der Waals surface area contributed by atoms with Gasteiger partial charge < -0.3 is 5.11 Å². The number of halogens is 1. The molecule has 21 heavy (non-hydrogen) atoms. The van der Waals surface area contributed by atoms with E-state index >= 15 is 0 Å². The summed E-state index contributed by atoms with van der Waals surface area (Å²) in [6.45, 7) is 0. The Bertz CT molecular complexity index is 666. The van der Waals surface area contributed by atoms with Gasteiger partial charge in [-0.15, -0.1) is 0 Å². The van der Waals surface area contributed by atoms with E-state index in [0.29, 0.717) is 29.4 Å². The third kappa shape index (κ3) is 4.31. The third-order valence-corrected chi connectivity index (χ3v) is 3.18. The van der Waals surface area contributed by atoms with Gasteiger partial charge in [0.05, 0.1) is 0 Å². The quantitative estimate of drug-likeness (QED) is 0.675. The van der Waals surface area contributed by atoms with Crippen LogP contribution in [0.15, 0.2) is 54.6 Å². The molecule has 2 radical (unpaired) electrons. The van der Waals surface area contributed by atoms with Crippen LogP contribution in [0, 0.1) is 5.82 Å². The highest BCUT2D eigenvalue weighted by Gasteiger charge is 2.07. The van der Waals surface area contributed by atoms with Gasteiger partial charge in [0.15, 0.2) is 0 Å². The Morgan fingerprint density at radius 2 is 1.90 bits per heavy atom. The number of aliphatic carboxylic acids is 1. The van der Waals surface area contributed by atoms with Gasteiger partial charge in [-0.05, 0) is 35.6 Å². The van der Waals surface area contributed by atoms with Crippen molar-refractivity contribution in [1.82, 2.24) is 0 Å². The lowest BCUT2D eigenvalue weighted by atomic mass is 9.92. The van der Waals surface area contributed by atoms with Gasteiger partial charge in [-0.1, -0.05) is 47.9 Å². The van der Waals surface area contributed by atoms with E-state index in [-0.39, 0.29) is 5.82 Å². The lowest BCUT2D eigenvalue weighted by Gasteiger charge is -2.08. The summed E-state index contributed by atoms with van der Waals surface area (Å²) in [7, 11) is 5.51. The normalized spacial score (nSPS) is 11.4. The van der Waals surface area contributed by atoms with E-state index in [1.807, 2.05) is 30.3 Å². The van der Waals surface area contributed by atoms with Gasteiger partial charge in [-0.2, -0.15) is 0 Å². The number of hydrogen-bond acceptors (Lipinski definition) is 1. The summed E-state index contributed by atoms with van der Waals surface area (Å²) in [5.74, 6) is -1.37. The minimum atomic E-state index is -1.01. The van der Waals surface area contributed by atoms with Crippen LogP contribution in [-0.4, -0.2) is 18.9 Å². The number of hydrogen-bond donors (Lipinski definition) is 1. The summed E-state index contributed by atoms with van der Waals surface area (Å²) in [6.07, 6.45) is 2.03. The van der Waals surface area contributed by atoms with Gasteiger partial charge in [-0.25, -0.2) is 9.18 Å². The molecule has 0 bridgehead atoms. The molecular formula is C17H14BFO2. The number of allylic oxidation sites excluding steroid dienone is 1. The van der Waals surface area contributed by atoms with Gasteiger partial charge in [0, 0.05) is 6.08 Å². The monoisotopic (exact) mass is 280 g/mol. The summed E-state index contributed by atoms with van der Waals surface area (Å²) in [5.41, 5.74) is 2.40. The van der Waals surface area contributed by atoms with Crippen LogP contribution in [0.2, 0.25) is 0 Å². The molecule has 2 rings (SSSR count). The lowest BCUT2D eigenvalue weighted by molar-refractivity contribution is -0.131. The van der Waals surface area contributed by atoms with Gasteiger partial charge in [0.25, 0.3) is 0 Å². The summed E-state index contributed by atoms with van der Waals surface area (Å²) < 4.78 is 13.8. The molecule has 4 heteroatoms. The molecule has 0 heterocycles. The molecule has 0 amide bonds. The average molecular weight is 280 g/mol. The van der Waals surface area contributed by atoms with Crippen LogP contribution in [0.25, 0.3) is 5.57 Å². The topological polar surface area (TPSA) is 37.3 Å². The van der Waals surface area contributed by atoms with Crippen molar-refractivity contribution in [2.24, 2.45) is 0 Å². The van der Waals surface area contributed by atoms with Crippen LogP contribution in [0.4, 0.5) is 4.39 Å². The lowest BCUT2D eigenvalue weighted by Crippen LogP contribution is -2.05. The first-order chi connectivity index (χ1) is 10.1. The largest absolute Gasteiger partial charge is 0.478 e. The third-order valence-electron chi connectivity index (χ3n) is 3.18. The molecule has 0 saturated heterocycles. The van der Waals surface area contributed by atoms with E-state index in [1.54, 1.807) is 12.1 Å². The first-order valence-electron chi connectivity index (χ1n) is 6.59. The first kappa shape index (κ1) is 15.0. The molecule has 0 aliphatic carbocycles. The van der Waals surface area contributed by atoms with Gasteiger partial charge in [-0.3, -0.25) is 0 Å².